The summed E-state index contributed by atoms with van der Waals surface area (Å²) in [6.07, 6.45) is 4.83. The molecule has 0 spiro atoms. The Morgan fingerprint density at radius 2 is 1.62 bits per heavy atom. The Morgan fingerprint density at radius 1 is 1.05 bits per heavy atom. The van der Waals surface area contributed by atoms with Gasteiger partial charge in [-0.05, 0) is 56.9 Å². The third-order valence-electron chi connectivity index (χ3n) is 4.24. The van der Waals surface area contributed by atoms with Crippen LogP contribution in [0.4, 0.5) is 5.69 Å². The number of rotatable bonds is 4. The fourth-order valence-electron chi connectivity index (χ4n) is 3.10. The summed E-state index contributed by atoms with van der Waals surface area (Å²) in [6.45, 7) is 9.57. The predicted molar refractivity (Wildman–Crippen MR) is 88.9 cm³/mol. The van der Waals surface area contributed by atoms with Crippen molar-refractivity contribution in [3.8, 4) is 0 Å². The highest BCUT2D eigenvalue weighted by atomic mass is 16.2. The number of nitrogens with zero attached hydrogens (tertiary/aromatic N) is 2. The van der Waals surface area contributed by atoms with Crippen LogP contribution in [0.5, 0.6) is 0 Å². The molecule has 1 heterocycles. The molecule has 0 aromatic heterocycles. The van der Waals surface area contributed by atoms with Gasteiger partial charge in [0.25, 0.3) is 0 Å². The van der Waals surface area contributed by atoms with Gasteiger partial charge in [0.2, 0.25) is 5.91 Å². The van der Waals surface area contributed by atoms with Crippen molar-refractivity contribution in [2.45, 2.75) is 46.5 Å². The molecule has 0 N–H and O–H groups in total. The zero-order valence-electron chi connectivity index (χ0n) is 13.7. The zero-order chi connectivity index (χ0) is 15.2. The van der Waals surface area contributed by atoms with Crippen LogP contribution >= 0.6 is 0 Å². The summed E-state index contributed by atoms with van der Waals surface area (Å²) in [5, 5.41) is 0. The van der Waals surface area contributed by atoms with Crippen molar-refractivity contribution in [1.29, 1.82) is 0 Å². The third kappa shape index (κ3) is 4.48. The van der Waals surface area contributed by atoms with Gasteiger partial charge >= 0.3 is 0 Å². The molecule has 1 aliphatic heterocycles. The van der Waals surface area contributed by atoms with Crippen LogP contribution in [0.15, 0.2) is 18.2 Å². The molecule has 1 aliphatic rings. The predicted octanol–water partition coefficient (Wildman–Crippen LogP) is 3.53. The highest BCUT2D eigenvalue weighted by Crippen LogP contribution is 2.19. The largest absolute Gasteiger partial charge is 0.362 e. The molecule has 2 rings (SSSR count). The lowest BCUT2D eigenvalue weighted by atomic mass is 10.1. The number of benzene rings is 1. The molecule has 3 nitrogen and oxygen atoms in total. The van der Waals surface area contributed by atoms with Crippen LogP contribution < -0.4 is 4.90 Å². The van der Waals surface area contributed by atoms with E-state index in [0.717, 1.165) is 38.2 Å². The third-order valence-corrected chi connectivity index (χ3v) is 4.24. The lowest BCUT2D eigenvalue weighted by Crippen LogP contribution is -2.41. The molecule has 1 saturated heterocycles. The summed E-state index contributed by atoms with van der Waals surface area (Å²) in [6, 6.07) is 6.52. The van der Waals surface area contributed by atoms with E-state index in [0.29, 0.717) is 6.54 Å². The number of hydrogen-bond donors (Lipinski definition) is 0. The molecule has 1 aromatic carbocycles. The van der Waals surface area contributed by atoms with Crippen molar-refractivity contribution in [3.05, 3.63) is 29.3 Å². The molecule has 116 valence electrons. The van der Waals surface area contributed by atoms with E-state index < -0.39 is 0 Å². The van der Waals surface area contributed by atoms with Gasteiger partial charge < -0.3 is 9.80 Å². The second-order valence-electron chi connectivity index (χ2n) is 6.16. The molecule has 0 bridgehead atoms. The number of carbonyl (C=O) groups excluding carboxylic acids is 1. The summed E-state index contributed by atoms with van der Waals surface area (Å²) in [5.74, 6) is 0.276. The molecule has 0 aliphatic carbocycles. The van der Waals surface area contributed by atoms with Crippen LogP contribution in [0.25, 0.3) is 0 Å². The first kappa shape index (κ1) is 15.9. The van der Waals surface area contributed by atoms with E-state index in [4.69, 9.17) is 0 Å². The maximum absolute atomic E-state index is 12.5. The molecule has 0 unspecified atom stereocenters. The van der Waals surface area contributed by atoms with Crippen LogP contribution in [0.2, 0.25) is 0 Å². The van der Waals surface area contributed by atoms with Crippen molar-refractivity contribution in [3.63, 3.8) is 0 Å². The van der Waals surface area contributed by atoms with Crippen molar-refractivity contribution in [2.24, 2.45) is 0 Å². The van der Waals surface area contributed by atoms with Gasteiger partial charge in [-0.25, -0.2) is 0 Å². The summed E-state index contributed by atoms with van der Waals surface area (Å²) >= 11 is 0. The first-order valence-corrected chi connectivity index (χ1v) is 8.21. The van der Waals surface area contributed by atoms with Gasteiger partial charge in [-0.15, -0.1) is 0 Å². The maximum atomic E-state index is 12.5. The van der Waals surface area contributed by atoms with Crippen LogP contribution in [0, 0.1) is 13.8 Å². The molecule has 0 radical (unpaired) electrons. The molecule has 21 heavy (non-hydrogen) atoms. The molecule has 1 fully saturated rings. The second kappa shape index (κ2) is 7.48. The second-order valence-corrected chi connectivity index (χ2v) is 6.16. The first-order chi connectivity index (χ1) is 10.1. The quantitative estimate of drug-likeness (QED) is 0.846. The number of hydrogen-bond acceptors (Lipinski definition) is 2. The van der Waals surface area contributed by atoms with Gasteiger partial charge in [0.05, 0.1) is 6.54 Å². The van der Waals surface area contributed by atoms with Gasteiger partial charge in [0.1, 0.15) is 0 Å². The molecule has 1 aromatic rings. The van der Waals surface area contributed by atoms with E-state index in [-0.39, 0.29) is 5.91 Å². The van der Waals surface area contributed by atoms with Gasteiger partial charge in [-0.1, -0.05) is 18.9 Å². The molecule has 1 amide bonds. The van der Waals surface area contributed by atoms with Crippen LogP contribution in [0.1, 0.15) is 43.7 Å². The summed E-state index contributed by atoms with van der Waals surface area (Å²) < 4.78 is 0. The minimum Gasteiger partial charge on any atom is -0.362 e. The van der Waals surface area contributed by atoms with Crippen molar-refractivity contribution < 1.29 is 4.79 Å². The van der Waals surface area contributed by atoms with Gasteiger partial charge in [0, 0.05) is 25.3 Å². The van der Waals surface area contributed by atoms with Crippen LogP contribution in [-0.2, 0) is 4.79 Å². The van der Waals surface area contributed by atoms with Crippen molar-refractivity contribution in [2.75, 3.05) is 31.1 Å². The lowest BCUT2D eigenvalue weighted by Gasteiger charge is -2.27. The number of anilines is 1. The maximum Gasteiger partial charge on any atom is 0.242 e. The van der Waals surface area contributed by atoms with E-state index in [9.17, 15) is 4.79 Å². The number of amides is 1. The van der Waals surface area contributed by atoms with Crippen molar-refractivity contribution >= 4 is 11.6 Å². The average molecular weight is 288 g/mol. The monoisotopic (exact) mass is 288 g/mol. The molecular weight excluding hydrogens is 260 g/mol. The fourth-order valence-corrected chi connectivity index (χ4v) is 3.10. The zero-order valence-corrected chi connectivity index (χ0v) is 13.7. The van der Waals surface area contributed by atoms with Gasteiger partial charge in [-0.3, -0.25) is 4.79 Å². The fraction of sp³-hybridized carbons (Fsp3) is 0.611. The van der Waals surface area contributed by atoms with Gasteiger partial charge in [0.15, 0.2) is 0 Å². The minimum atomic E-state index is 0.276. The Kier molecular flexibility index (Phi) is 5.66. The topological polar surface area (TPSA) is 23.6 Å². The molecule has 3 heteroatoms. The Bertz CT molecular complexity index is 456. The highest BCUT2D eigenvalue weighted by molar-refractivity contribution is 5.81. The molecule has 0 atom stereocenters. The minimum absolute atomic E-state index is 0.276. The summed E-state index contributed by atoms with van der Waals surface area (Å²) in [4.78, 5) is 16.8. The Morgan fingerprint density at radius 3 is 2.14 bits per heavy atom. The van der Waals surface area contributed by atoms with E-state index in [1.54, 1.807) is 0 Å². The van der Waals surface area contributed by atoms with Crippen molar-refractivity contribution in [1.82, 2.24) is 4.90 Å². The summed E-state index contributed by atoms with van der Waals surface area (Å²) in [7, 11) is 0. The lowest BCUT2D eigenvalue weighted by molar-refractivity contribution is -0.129. The SMILES string of the molecule is CCN(CC(=O)N1CCCCCC1)c1cc(C)cc(C)c1. The standard InChI is InChI=1S/C18H28N2O/c1-4-19(17-12-15(2)11-16(3)13-17)14-18(21)20-9-7-5-6-8-10-20/h11-13H,4-10,14H2,1-3H3. The number of likely N-dealkylation sites (N-methyl/N-ethyl adjacent to an activating group) is 1. The Hall–Kier alpha value is -1.51. The Balaban J connectivity index is 2.05. The number of likely N-dealkylation sites (tertiary alicyclic amines) is 1. The van der Waals surface area contributed by atoms with Gasteiger partial charge in [-0.2, -0.15) is 0 Å². The Labute approximate surface area is 128 Å². The van der Waals surface area contributed by atoms with E-state index >= 15 is 0 Å². The van der Waals surface area contributed by atoms with Crippen LogP contribution in [0.3, 0.4) is 0 Å². The normalized spacial score (nSPS) is 15.7. The van der Waals surface area contributed by atoms with E-state index in [2.05, 4.69) is 48.8 Å². The highest BCUT2D eigenvalue weighted by Gasteiger charge is 2.18. The van der Waals surface area contributed by atoms with E-state index in [1.165, 1.54) is 24.0 Å². The summed E-state index contributed by atoms with van der Waals surface area (Å²) in [5.41, 5.74) is 3.68. The molecule has 0 saturated carbocycles. The molecular formula is C18H28N2O. The number of aryl methyl sites for hydroxylation is 2. The van der Waals surface area contributed by atoms with E-state index in [1.807, 2.05) is 0 Å². The average Bonchev–Trinajstić information content (AvgIpc) is 2.72. The van der Waals surface area contributed by atoms with Crippen LogP contribution in [-0.4, -0.2) is 37.0 Å². The first-order valence-electron chi connectivity index (χ1n) is 8.21. The number of carbonyl (C=O) groups is 1. The smallest absolute Gasteiger partial charge is 0.242 e.